The number of halogens is 3. The van der Waals surface area contributed by atoms with E-state index in [9.17, 15) is 22.8 Å². The second kappa shape index (κ2) is 7.30. The van der Waals surface area contributed by atoms with Crippen molar-refractivity contribution in [3.63, 3.8) is 0 Å². The molecule has 152 valence electrons. The zero-order valence-electron chi connectivity index (χ0n) is 14.9. The highest BCUT2D eigenvalue weighted by atomic mass is 32.1. The summed E-state index contributed by atoms with van der Waals surface area (Å²) in [5.41, 5.74) is 1.10. The minimum Gasteiger partial charge on any atom is -0.476 e. The predicted octanol–water partition coefficient (Wildman–Crippen LogP) is 5.26. The molecule has 0 radical (unpaired) electrons. The molecule has 4 rings (SSSR count). The fourth-order valence-corrected chi connectivity index (χ4v) is 3.75. The number of carboxylic acid groups (broad SMARTS) is 1. The standard InChI is InChI=1S/C20H12F3N3O3S/c21-20(22,23)12-2-1-3-13(8-12)24-18(27)16-7-11(9-30-16)10-4-5-14-15(6-10)25-26-17(14)19(28)29/h1-9H,(H,24,27)(H,25,26)(H,28,29). The molecule has 3 N–H and O–H groups in total. The smallest absolute Gasteiger partial charge is 0.416 e. The number of H-pyrrole nitrogens is 1. The van der Waals surface area contributed by atoms with Gasteiger partial charge in [0.05, 0.1) is 16.0 Å². The normalized spacial score (nSPS) is 11.6. The average Bonchev–Trinajstić information content (AvgIpc) is 3.34. The summed E-state index contributed by atoms with van der Waals surface area (Å²) in [7, 11) is 0. The lowest BCUT2D eigenvalue weighted by atomic mass is 10.1. The number of carbonyl (C=O) groups is 2. The van der Waals surface area contributed by atoms with E-state index in [1.165, 1.54) is 12.1 Å². The molecule has 10 heteroatoms. The fourth-order valence-electron chi connectivity index (χ4n) is 2.93. The zero-order valence-corrected chi connectivity index (χ0v) is 15.8. The van der Waals surface area contributed by atoms with Gasteiger partial charge in [-0.05, 0) is 52.9 Å². The van der Waals surface area contributed by atoms with Crippen molar-refractivity contribution in [3.05, 3.63) is 70.0 Å². The van der Waals surface area contributed by atoms with Crippen molar-refractivity contribution in [1.29, 1.82) is 0 Å². The largest absolute Gasteiger partial charge is 0.476 e. The van der Waals surface area contributed by atoms with Crippen molar-refractivity contribution in [2.45, 2.75) is 6.18 Å². The van der Waals surface area contributed by atoms with Crippen LogP contribution in [-0.4, -0.2) is 27.2 Å². The number of aromatic nitrogens is 2. The Morgan fingerprint density at radius 1 is 1.07 bits per heavy atom. The van der Waals surface area contributed by atoms with Gasteiger partial charge in [-0.1, -0.05) is 12.1 Å². The maximum absolute atomic E-state index is 12.8. The Balaban J connectivity index is 1.56. The van der Waals surface area contributed by atoms with E-state index in [1.807, 2.05) is 0 Å². The van der Waals surface area contributed by atoms with Crippen LogP contribution in [0.2, 0.25) is 0 Å². The van der Waals surface area contributed by atoms with Crippen molar-refractivity contribution in [2.75, 3.05) is 5.32 Å². The summed E-state index contributed by atoms with van der Waals surface area (Å²) in [6, 6.07) is 11.1. The molecule has 30 heavy (non-hydrogen) atoms. The van der Waals surface area contributed by atoms with E-state index in [4.69, 9.17) is 5.11 Å². The van der Waals surface area contributed by atoms with Crippen LogP contribution < -0.4 is 5.32 Å². The van der Waals surface area contributed by atoms with E-state index < -0.39 is 23.6 Å². The number of hydrogen-bond acceptors (Lipinski definition) is 4. The summed E-state index contributed by atoms with van der Waals surface area (Å²) in [6.07, 6.45) is -4.50. The number of alkyl halides is 3. The first kappa shape index (κ1) is 19.6. The number of aromatic amines is 1. The molecule has 4 aromatic rings. The Bertz CT molecular complexity index is 1280. The van der Waals surface area contributed by atoms with Gasteiger partial charge in [0.25, 0.3) is 5.91 Å². The summed E-state index contributed by atoms with van der Waals surface area (Å²) in [5, 5.41) is 20.2. The number of nitrogens with one attached hydrogen (secondary N) is 2. The first-order chi connectivity index (χ1) is 14.2. The van der Waals surface area contributed by atoms with Gasteiger partial charge in [0.2, 0.25) is 0 Å². The Hall–Kier alpha value is -3.66. The number of benzene rings is 2. The molecule has 0 aliphatic heterocycles. The molecule has 0 saturated heterocycles. The Morgan fingerprint density at radius 2 is 1.87 bits per heavy atom. The van der Waals surface area contributed by atoms with Crippen LogP contribution in [0.4, 0.5) is 18.9 Å². The van der Waals surface area contributed by atoms with Crippen molar-refractivity contribution < 1.29 is 27.9 Å². The second-order valence-electron chi connectivity index (χ2n) is 6.37. The summed E-state index contributed by atoms with van der Waals surface area (Å²) in [4.78, 5) is 23.9. The van der Waals surface area contributed by atoms with E-state index in [0.29, 0.717) is 21.3 Å². The number of nitrogens with zero attached hydrogens (tertiary/aromatic N) is 1. The summed E-state index contributed by atoms with van der Waals surface area (Å²) < 4.78 is 38.5. The van der Waals surface area contributed by atoms with Gasteiger partial charge in [-0.2, -0.15) is 18.3 Å². The van der Waals surface area contributed by atoms with Gasteiger partial charge >= 0.3 is 12.1 Å². The molecule has 0 atom stereocenters. The summed E-state index contributed by atoms with van der Waals surface area (Å²) in [6.45, 7) is 0. The predicted molar refractivity (Wildman–Crippen MR) is 106 cm³/mol. The Labute approximate surface area is 171 Å². The number of carboxylic acids is 1. The highest BCUT2D eigenvalue weighted by Crippen LogP contribution is 2.32. The van der Waals surface area contributed by atoms with Crippen LogP contribution in [-0.2, 0) is 6.18 Å². The maximum Gasteiger partial charge on any atom is 0.416 e. The van der Waals surface area contributed by atoms with Gasteiger partial charge in [-0.3, -0.25) is 9.89 Å². The zero-order chi connectivity index (χ0) is 21.5. The SMILES string of the molecule is O=C(Nc1cccc(C(F)(F)F)c1)c1cc(-c2ccc3c(C(=O)O)n[nH]c3c2)cs1. The number of hydrogen-bond donors (Lipinski definition) is 3. The Morgan fingerprint density at radius 3 is 2.60 bits per heavy atom. The average molecular weight is 431 g/mol. The van der Waals surface area contributed by atoms with Crippen LogP contribution in [0.1, 0.15) is 25.7 Å². The van der Waals surface area contributed by atoms with Gasteiger partial charge in [-0.25, -0.2) is 4.79 Å². The van der Waals surface area contributed by atoms with Gasteiger partial charge in [0.1, 0.15) is 0 Å². The number of aromatic carboxylic acids is 1. The molecule has 1 amide bonds. The number of amides is 1. The van der Waals surface area contributed by atoms with Crippen LogP contribution in [0.5, 0.6) is 0 Å². The lowest BCUT2D eigenvalue weighted by Gasteiger charge is -2.09. The van der Waals surface area contributed by atoms with Crippen LogP contribution in [0.3, 0.4) is 0 Å². The number of rotatable bonds is 4. The molecule has 2 heterocycles. The molecule has 0 saturated carbocycles. The molecule has 2 aromatic heterocycles. The quantitative estimate of drug-likeness (QED) is 0.411. The molecule has 6 nitrogen and oxygen atoms in total. The van der Waals surface area contributed by atoms with Crippen LogP contribution in [0.25, 0.3) is 22.0 Å². The van der Waals surface area contributed by atoms with E-state index >= 15 is 0 Å². The van der Waals surface area contributed by atoms with Crippen molar-refractivity contribution >= 4 is 39.8 Å². The van der Waals surface area contributed by atoms with Gasteiger partial charge < -0.3 is 10.4 Å². The maximum atomic E-state index is 12.8. The number of thiophene rings is 1. The topological polar surface area (TPSA) is 95.1 Å². The summed E-state index contributed by atoms with van der Waals surface area (Å²) >= 11 is 1.14. The highest BCUT2D eigenvalue weighted by Gasteiger charge is 2.30. The molecule has 2 aromatic carbocycles. The molecule has 0 spiro atoms. The Kier molecular flexibility index (Phi) is 4.78. The second-order valence-corrected chi connectivity index (χ2v) is 7.28. The highest BCUT2D eigenvalue weighted by molar-refractivity contribution is 7.12. The molecular weight excluding hydrogens is 419 g/mol. The third-order valence-electron chi connectivity index (χ3n) is 4.37. The van der Waals surface area contributed by atoms with Crippen LogP contribution in [0, 0.1) is 0 Å². The van der Waals surface area contributed by atoms with Crippen molar-refractivity contribution in [3.8, 4) is 11.1 Å². The number of anilines is 1. The van der Waals surface area contributed by atoms with Crippen LogP contribution in [0.15, 0.2) is 53.9 Å². The van der Waals surface area contributed by atoms with Gasteiger partial charge in [0, 0.05) is 11.1 Å². The van der Waals surface area contributed by atoms with Gasteiger partial charge in [-0.15, -0.1) is 11.3 Å². The first-order valence-corrected chi connectivity index (χ1v) is 9.39. The molecule has 0 aliphatic rings. The third-order valence-corrected chi connectivity index (χ3v) is 5.30. The van der Waals surface area contributed by atoms with E-state index in [0.717, 1.165) is 29.0 Å². The lowest BCUT2D eigenvalue weighted by Crippen LogP contribution is -2.11. The molecule has 0 aliphatic carbocycles. The molecular formula is C20H12F3N3O3S. The first-order valence-electron chi connectivity index (χ1n) is 8.51. The van der Waals surface area contributed by atoms with Gasteiger partial charge in [0.15, 0.2) is 5.69 Å². The number of carbonyl (C=O) groups excluding carboxylic acids is 1. The minimum absolute atomic E-state index is 0.0462. The van der Waals surface area contributed by atoms with Crippen LogP contribution >= 0.6 is 11.3 Å². The number of fused-ring (bicyclic) bond motifs is 1. The van der Waals surface area contributed by atoms with Crippen molar-refractivity contribution in [1.82, 2.24) is 10.2 Å². The van der Waals surface area contributed by atoms with E-state index in [1.54, 1.807) is 29.6 Å². The van der Waals surface area contributed by atoms with Crippen molar-refractivity contribution in [2.24, 2.45) is 0 Å². The van der Waals surface area contributed by atoms with E-state index in [2.05, 4.69) is 15.5 Å². The van der Waals surface area contributed by atoms with E-state index in [-0.39, 0.29) is 11.4 Å². The third kappa shape index (κ3) is 3.77. The fraction of sp³-hybridized carbons (Fsp3) is 0.0500. The summed E-state index contributed by atoms with van der Waals surface area (Å²) in [5.74, 6) is -1.67. The minimum atomic E-state index is -4.50. The monoisotopic (exact) mass is 431 g/mol. The molecule has 0 fully saturated rings. The lowest BCUT2D eigenvalue weighted by molar-refractivity contribution is -0.137. The molecule has 0 unspecified atom stereocenters. The molecule has 0 bridgehead atoms.